The Labute approximate surface area is 176 Å². The van der Waals surface area contributed by atoms with E-state index in [1.807, 2.05) is 6.92 Å². The second kappa shape index (κ2) is 9.38. The lowest BCUT2D eigenvalue weighted by molar-refractivity contribution is -0.895. The number of nitrogens with one attached hydrogen (secondary N) is 2. The lowest BCUT2D eigenvalue weighted by Crippen LogP contribution is -3.15. The van der Waals surface area contributed by atoms with E-state index in [9.17, 15) is 18.3 Å². The maximum Gasteiger partial charge on any atom is 0.295 e. The van der Waals surface area contributed by atoms with Crippen LogP contribution in [0.2, 0.25) is 0 Å². The summed E-state index contributed by atoms with van der Waals surface area (Å²) in [5.41, 5.74) is 4.38. The Bertz CT molecular complexity index is 1030. The quantitative estimate of drug-likeness (QED) is 0.476. The number of rotatable bonds is 6. The zero-order chi connectivity index (χ0) is 21.7. The smallest absolute Gasteiger partial charge is 0.295 e. The van der Waals surface area contributed by atoms with Crippen molar-refractivity contribution < 1.29 is 23.2 Å². The van der Waals surface area contributed by atoms with Crippen LogP contribution in [0.4, 0.5) is 0 Å². The predicted molar refractivity (Wildman–Crippen MR) is 112 cm³/mol. The Morgan fingerprint density at radius 2 is 1.77 bits per heavy atom. The molecule has 0 aromatic heterocycles. The highest BCUT2D eigenvalue weighted by molar-refractivity contribution is 7.89. The van der Waals surface area contributed by atoms with Gasteiger partial charge < -0.3 is 10.0 Å². The molecule has 1 aliphatic rings. The highest BCUT2D eigenvalue weighted by Crippen LogP contribution is 2.16. The van der Waals surface area contributed by atoms with Gasteiger partial charge in [-0.2, -0.15) is 9.41 Å². The van der Waals surface area contributed by atoms with Crippen LogP contribution in [0.1, 0.15) is 18.1 Å². The van der Waals surface area contributed by atoms with Gasteiger partial charge in [-0.15, -0.1) is 0 Å². The number of amides is 1. The van der Waals surface area contributed by atoms with Crippen LogP contribution < -0.4 is 15.4 Å². The van der Waals surface area contributed by atoms with E-state index >= 15 is 0 Å². The molecule has 2 aromatic rings. The SMILES string of the molecule is CC(=NNC(=O)C[NH+]1CCN(S(=O)(=O)c2ccc(C)cc2)CC1)c1ccccc1[O-]. The lowest BCUT2D eigenvalue weighted by Gasteiger charge is -2.31. The molecular weight excluding hydrogens is 404 g/mol. The van der Waals surface area contributed by atoms with Crippen molar-refractivity contribution >= 4 is 21.6 Å². The first-order valence-corrected chi connectivity index (χ1v) is 11.2. The van der Waals surface area contributed by atoms with Crippen LogP contribution in [0.5, 0.6) is 5.75 Å². The van der Waals surface area contributed by atoms with Crippen molar-refractivity contribution in [3.8, 4) is 5.75 Å². The normalized spacial score (nSPS) is 16.4. The number of carbonyl (C=O) groups excluding carboxylic acids is 1. The van der Waals surface area contributed by atoms with Crippen LogP contribution in [-0.2, 0) is 14.8 Å². The summed E-state index contributed by atoms with van der Waals surface area (Å²) in [6.07, 6.45) is 0. The highest BCUT2D eigenvalue weighted by atomic mass is 32.2. The van der Waals surface area contributed by atoms with Gasteiger partial charge in [-0.25, -0.2) is 13.8 Å². The molecule has 3 rings (SSSR count). The van der Waals surface area contributed by atoms with E-state index in [-0.39, 0.29) is 23.1 Å². The molecule has 1 heterocycles. The summed E-state index contributed by atoms with van der Waals surface area (Å²) in [5, 5.41) is 15.8. The van der Waals surface area contributed by atoms with Gasteiger partial charge in [-0.05, 0) is 31.5 Å². The first kappa shape index (κ1) is 21.9. The molecule has 0 radical (unpaired) electrons. The number of benzene rings is 2. The van der Waals surface area contributed by atoms with E-state index in [4.69, 9.17) is 0 Å². The molecule has 160 valence electrons. The van der Waals surface area contributed by atoms with Crippen LogP contribution in [0.15, 0.2) is 58.5 Å². The standard InChI is InChI=1S/C21H26N4O4S/c1-16-7-9-18(10-8-16)30(28,29)25-13-11-24(12-14-25)15-21(27)23-22-17(2)19-5-3-4-6-20(19)26/h3-10,26H,11-15H2,1-2H3,(H,23,27). The van der Waals surface area contributed by atoms with Crippen molar-refractivity contribution in [3.05, 3.63) is 59.7 Å². The van der Waals surface area contributed by atoms with Crippen LogP contribution in [-0.4, -0.2) is 57.1 Å². The summed E-state index contributed by atoms with van der Waals surface area (Å²) in [5.74, 6) is -0.424. The molecule has 1 fully saturated rings. The number of sulfonamides is 1. The largest absolute Gasteiger partial charge is 0.872 e. The van der Waals surface area contributed by atoms with E-state index in [2.05, 4.69) is 10.5 Å². The summed E-state index contributed by atoms with van der Waals surface area (Å²) >= 11 is 0. The fourth-order valence-corrected chi connectivity index (χ4v) is 4.76. The van der Waals surface area contributed by atoms with Gasteiger partial charge in [0, 0.05) is 0 Å². The number of hydrogen-bond acceptors (Lipinski definition) is 5. The molecule has 0 spiro atoms. The second-order valence-corrected chi connectivity index (χ2v) is 9.31. The molecule has 2 N–H and O–H groups in total. The maximum atomic E-state index is 12.8. The van der Waals surface area contributed by atoms with Crippen molar-refractivity contribution in [2.24, 2.45) is 5.10 Å². The van der Waals surface area contributed by atoms with Crippen molar-refractivity contribution in [1.29, 1.82) is 0 Å². The third kappa shape index (κ3) is 5.24. The lowest BCUT2D eigenvalue weighted by atomic mass is 10.1. The van der Waals surface area contributed by atoms with Crippen molar-refractivity contribution in [3.63, 3.8) is 0 Å². The Hall–Kier alpha value is -2.75. The second-order valence-electron chi connectivity index (χ2n) is 7.37. The summed E-state index contributed by atoms with van der Waals surface area (Å²) in [6, 6.07) is 13.3. The molecule has 0 aliphatic carbocycles. The number of piperazine rings is 1. The molecule has 1 amide bonds. The minimum atomic E-state index is -3.52. The summed E-state index contributed by atoms with van der Waals surface area (Å²) in [6.45, 7) is 5.53. The third-order valence-electron chi connectivity index (χ3n) is 5.12. The van der Waals surface area contributed by atoms with Gasteiger partial charge in [0.1, 0.15) is 0 Å². The van der Waals surface area contributed by atoms with E-state index in [0.29, 0.717) is 37.5 Å². The number of carbonyl (C=O) groups is 1. The van der Waals surface area contributed by atoms with Crippen LogP contribution in [0.3, 0.4) is 0 Å². The first-order chi connectivity index (χ1) is 14.3. The van der Waals surface area contributed by atoms with Gasteiger partial charge in [0.25, 0.3) is 5.91 Å². The van der Waals surface area contributed by atoms with Gasteiger partial charge in [0.05, 0.1) is 36.8 Å². The molecule has 2 aromatic carbocycles. The van der Waals surface area contributed by atoms with E-state index in [1.165, 1.54) is 10.4 Å². The van der Waals surface area contributed by atoms with Gasteiger partial charge >= 0.3 is 0 Å². The zero-order valence-corrected chi connectivity index (χ0v) is 17.9. The van der Waals surface area contributed by atoms with Gasteiger partial charge in [-0.1, -0.05) is 47.7 Å². The molecule has 1 saturated heterocycles. The van der Waals surface area contributed by atoms with Gasteiger partial charge in [-0.3, -0.25) is 4.79 Å². The molecule has 1 aliphatic heterocycles. The van der Waals surface area contributed by atoms with Gasteiger partial charge in [0.15, 0.2) is 6.54 Å². The number of hydrazone groups is 1. The molecule has 0 bridgehead atoms. The summed E-state index contributed by atoms with van der Waals surface area (Å²) < 4.78 is 27.0. The minimum Gasteiger partial charge on any atom is -0.872 e. The number of aryl methyl sites for hydroxylation is 1. The number of quaternary nitrogens is 1. The maximum absolute atomic E-state index is 12.8. The average molecular weight is 431 g/mol. The Morgan fingerprint density at radius 3 is 2.40 bits per heavy atom. The Balaban J connectivity index is 1.52. The minimum absolute atomic E-state index is 0.149. The Kier molecular flexibility index (Phi) is 6.86. The van der Waals surface area contributed by atoms with Crippen LogP contribution in [0.25, 0.3) is 0 Å². The molecule has 9 heteroatoms. The van der Waals surface area contributed by atoms with E-state index < -0.39 is 10.0 Å². The topological polar surface area (TPSA) is 106 Å². The Morgan fingerprint density at radius 1 is 1.13 bits per heavy atom. The van der Waals surface area contributed by atoms with Crippen molar-refractivity contribution in [1.82, 2.24) is 9.73 Å². The van der Waals surface area contributed by atoms with Crippen LogP contribution in [0, 0.1) is 6.92 Å². The number of hydrogen-bond donors (Lipinski definition) is 2. The van der Waals surface area contributed by atoms with Crippen LogP contribution >= 0.6 is 0 Å². The van der Waals surface area contributed by atoms with Crippen molar-refractivity contribution in [2.45, 2.75) is 18.7 Å². The monoisotopic (exact) mass is 430 g/mol. The van der Waals surface area contributed by atoms with Gasteiger partial charge in [0.2, 0.25) is 10.0 Å². The fourth-order valence-electron chi connectivity index (χ4n) is 3.32. The van der Waals surface area contributed by atoms with E-state index in [1.54, 1.807) is 49.4 Å². The van der Waals surface area contributed by atoms with Crippen molar-refractivity contribution in [2.75, 3.05) is 32.7 Å². The summed E-state index contributed by atoms with van der Waals surface area (Å²) in [7, 11) is -3.52. The molecule has 0 saturated carbocycles. The third-order valence-corrected chi connectivity index (χ3v) is 7.04. The molecule has 0 atom stereocenters. The predicted octanol–water partition coefficient (Wildman–Crippen LogP) is -0.502. The number of para-hydroxylation sites is 1. The molecule has 30 heavy (non-hydrogen) atoms. The zero-order valence-electron chi connectivity index (χ0n) is 17.1. The molecule has 8 nitrogen and oxygen atoms in total. The van der Waals surface area contributed by atoms with E-state index in [0.717, 1.165) is 10.5 Å². The average Bonchev–Trinajstić information content (AvgIpc) is 2.73. The number of nitrogens with zero attached hydrogens (tertiary/aromatic N) is 2. The fraction of sp³-hybridized carbons (Fsp3) is 0.333. The molecular formula is C21H26N4O4S. The molecule has 0 unspecified atom stereocenters. The first-order valence-electron chi connectivity index (χ1n) is 9.77. The summed E-state index contributed by atoms with van der Waals surface area (Å²) in [4.78, 5) is 13.5. The highest BCUT2D eigenvalue weighted by Gasteiger charge is 2.31.